The lowest BCUT2D eigenvalue weighted by Gasteiger charge is -2.31. The van der Waals surface area contributed by atoms with E-state index in [0.717, 1.165) is 6.42 Å². The highest BCUT2D eigenvalue weighted by Gasteiger charge is 2.28. The van der Waals surface area contributed by atoms with Crippen molar-refractivity contribution in [2.24, 2.45) is 11.3 Å². The van der Waals surface area contributed by atoms with Crippen LogP contribution >= 0.6 is 0 Å². The summed E-state index contributed by atoms with van der Waals surface area (Å²) in [4.78, 5) is 3.65. The first-order valence-corrected chi connectivity index (χ1v) is 8.44. The molecule has 3 rings (SSSR count). The molecule has 1 heteroatoms. The largest absolute Gasteiger partial charge is 0.358 e. The quantitative estimate of drug-likeness (QED) is 0.605. The van der Waals surface area contributed by atoms with Gasteiger partial charge < -0.3 is 4.98 Å². The Morgan fingerprint density at radius 2 is 1.68 bits per heavy atom. The van der Waals surface area contributed by atoms with Crippen molar-refractivity contribution in [3.63, 3.8) is 0 Å². The van der Waals surface area contributed by atoms with E-state index in [4.69, 9.17) is 0 Å². The summed E-state index contributed by atoms with van der Waals surface area (Å²) < 4.78 is 0. The summed E-state index contributed by atoms with van der Waals surface area (Å²) in [5.41, 5.74) is 7.51. The molecule has 1 unspecified atom stereocenters. The second-order valence-corrected chi connectivity index (χ2v) is 8.98. The fourth-order valence-electron chi connectivity index (χ4n) is 3.73. The first-order chi connectivity index (χ1) is 10.1. The second-order valence-electron chi connectivity index (χ2n) is 8.98. The molecule has 1 aromatic heterocycles. The summed E-state index contributed by atoms with van der Waals surface area (Å²) in [6.45, 7) is 16.2. The van der Waals surface area contributed by atoms with E-state index in [1.165, 1.54) is 27.7 Å². The predicted molar refractivity (Wildman–Crippen MR) is 97.3 cm³/mol. The maximum atomic E-state index is 3.65. The van der Waals surface area contributed by atoms with E-state index in [9.17, 15) is 0 Å². The number of aromatic amines is 1. The van der Waals surface area contributed by atoms with Gasteiger partial charge in [-0.3, -0.25) is 0 Å². The summed E-state index contributed by atoms with van der Waals surface area (Å²) in [6, 6.07) is 6.91. The number of allylic oxidation sites excluding steroid dienone is 1. The van der Waals surface area contributed by atoms with Crippen LogP contribution in [0.1, 0.15) is 65.3 Å². The number of benzene rings is 1. The zero-order valence-corrected chi connectivity index (χ0v) is 15.1. The first kappa shape index (κ1) is 15.4. The second kappa shape index (κ2) is 4.75. The van der Waals surface area contributed by atoms with Gasteiger partial charge in [-0.1, -0.05) is 66.2 Å². The molecule has 118 valence electrons. The number of hydrogen-bond donors (Lipinski definition) is 1. The Kier molecular flexibility index (Phi) is 3.32. The highest BCUT2D eigenvalue weighted by atomic mass is 14.7. The van der Waals surface area contributed by atoms with Crippen LogP contribution in [0.25, 0.3) is 17.0 Å². The molecule has 2 aromatic rings. The van der Waals surface area contributed by atoms with Crippen LogP contribution in [0.3, 0.4) is 0 Å². The molecule has 1 atom stereocenters. The number of hydrogen-bond acceptors (Lipinski definition) is 0. The van der Waals surface area contributed by atoms with Gasteiger partial charge in [-0.05, 0) is 40.9 Å². The lowest BCUT2D eigenvalue weighted by molar-refractivity contribution is 0.433. The minimum absolute atomic E-state index is 0.191. The average Bonchev–Trinajstić information content (AvgIpc) is 2.71. The Labute approximate surface area is 134 Å². The third kappa shape index (κ3) is 2.51. The molecule has 0 saturated carbocycles. The molecule has 0 bridgehead atoms. The van der Waals surface area contributed by atoms with Crippen LogP contribution in [-0.2, 0) is 11.8 Å². The Bertz CT molecular complexity index is 745. The smallest absolute Gasteiger partial charge is 0.0462 e. The monoisotopic (exact) mass is 295 g/mol. The Morgan fingerprint density at radius 1 is 1.00 bits per heavy atom. The SMILES string of the molecule is CC1Cc2[nH]c3ccc(C(C)(C)C)cc3c2C=C1C(C)(C)C. The fourth-order valence-corrected chi connectivity index (χ4v) is 3.73. The summed E-state index contributed by atoms with van der Waals surface area (Å²) in [5.74, 6) is 0.614. The lowest BCUT2D eigenvalue weighted by Crippen LogP contribution is -2.20. The van der Waals surface area contributed by atoms with E-state index >= 15 is 0 Å². The van der Waals surface area contributed by atoms with E-state index in [1.807, 2.05) is 0 Å². The molecule has 0 radical (unpaired) electrons. The molecule has 1 N–H and O–H groups in total. The molecular weight excluding hydrogens is 266 g/mol. The van der Waals surface area contributed by atoms with Gasteiger partial charge in [0.1, 0.15) is 0 Å². The van der Waals surface area contributed by atoms with Gasteiger partial charge in [0, 0.05) is 22.2 Å². The lowest BCUT2D eigenvalue weighted by atomic mass is 9.74. The van der Waals surface area contributed by atoms with Crippen LogP contribution < -0.4 is 0 Å². The zero-order valence-electron chi connectivity index (χ0n) is 15.1. The normalized spacial score (nSPS) is 19.2. The summed E-state index contributed by atoms with van der Waals surface area (Å²) in [7, 11) is 0. The van der Waals surface area contributed by atoms with E-state index < -0.39 is 0 Å². The molecule has 0 fully saturated rings. The molecular formula is C21H29N. The van der Waals surface area contributed by atoms with Crippen LogP contribution in [0.5, 0.6) is 0 Å². The van der Waals surface area contributed by atoms with Crippen molar-refractivity contribution >= 4 is 17.0 Å². The van der Waals surface area contributed by atoms with Crippen LogP contribution in [0, 0.1) is 11.3 Å². The van der Waals surface area contributed by atoms with Gasteiger partial charge in [-0.2, -0.15) is 0 Å². The Hall–Kier alpha value is -1.50. The van der Waals surface area contributed by atoms with E-state index in [2.05, 4.69) is 77.7 Å². The van der Waals surface area contributed by atoms with E-state index in [-0.39, 0.29) is 10.8 Å². The molecule has 1 aliphatic rings. The molecule has 1 nitrogen and oxygen atoms in total. The Balaban J connectivity index is 2.22. The highest BCUT2D eigenvalue weighted by Crippen LogP contribution is 2.41. The third-order valence-electron chi connectivity index (χ3n) is 4.99. The summed E-state index contributed by atoms with van der Waals surface area (Å²) >= 11 is 0. The van der Waals surface area contributed by atoms with Crippen molar-refractivity contribution in [2.75, 3.05) is 0 Å². The average molecular weight is 295 g/mol. The predicted octanol–water partition coefficient (Wildman–Crippen LogP) is 6.09. The van der Waals surface area contributed by atoms with Crippen LogP contribution in [0.15, 0.2) is 23.8 Å². The number of H-pyrrole nitrogens is 1. The molecule has 22 heavy (non-hydrogen) atoms. The van der Waals surface area contributed by atoms with Gasteiger partial charge in [-0.25, -0.2) is 0 Å². The zero-order chi connectivity index (χ0) is 16.3. The minimum atomic E-state index is 0.191. The van der Waals surface area contributed by atoms with Crippen LogP contribution in [0.4, 0.5) is 0 Å². The highest BCUT2D eigenvalue weighted by molar-refractivity contribution is 5.92. The van der Waals surface area contributed by atoms with Gasteiger partial charge in [0.25, 0.3) is 0 Å². The van der Waals surface area contributed by atoms with Gasteiger partial charge >= 0.3 is 0 Å². The molecule has 1 aromatic carbocycles. The van der Waals surface area contributed by atoms with E-state index in [0.29, 0.717) is 5.92 Å². The van der Waals surface area contributed by atoms with E-state index in [1.54, 1.807) is 5.57 Å². The van der Waals surface area contributed by atoms with Gasteiger partial charge in [0.05, 0.1) is 0 Å². The molecule has 0 aliphatic heterocycles. The van der Waals surface area contributed by atoms with Crippen molar-refractivity contribution in [3.05, 3.63) is 40.6 Å². The summed E-state index contributed by atoms with van der Waals surface area (Å²) in [6.07, 6.45) is 3.58. The fraction of sp³-hybridized carbons (Fsp3) is 0.524. The van der Waals surface area contributed by atoms with Gasteiger partial charge in [0.15, 0.2) is 0 Å². The molecule has 0 spiro atoms. The molecule has 0 saturated heterocycles. The van der Waals surface area contributed by atoms with Gasteiger partial charge in [0.2, 0.25) is 0 Å². The number of nitrogens with one attached hydrogen (secondary N) is 1. The summed E-state index contributed by atoms with van der Waals surface area (Å²) in [5, 5.41) is 1.39. The third-order valence-corrected chi connectivity index (χ3v) is 4.99. The van der Waals surface area contributed by atoms with Crippen LogP contribution in [0.2, 0.25) is 0 Å². The van der Waals surface area contributed by atoms with Gasteiger partial charge in [-0.15, -0.1) is 0 Å². The van der Waals surface area contributed by atoms with Crippen molar-refractivity contribution < 1.29 is 0 Å². The van der Waals surface area contributed by atoms with Crippen molar-refractivity contribution in [1.29, 1.82) is 0 Å². The van der Waals surface area contributed by atoms with Crippen molar-refractivity contribution in [2.45, 2.75) is 60.3 Å². The standard InChI is InChI=1S/C21H29N/c1-13-10-19-16(12-17(13)21(5,6)7)15-11-14(20(2,3)4)8-9-18(15)22-19/h8-9,11-13,22H,10H2,1-7H3. The topological polar surface area (TPSA) is 15.8 Å². The Morgan fingerprint density at radius 3 is 2.27 bits per heavy atom. The van der Waals surface area contributed by atoms with Crippen molar-refractivity contribution in [1.82, 2.24) is 4.98 Å². The maximum absolute atomic E-state index is 3.65. The first-order valence-electron chi connectivity index (χ1n) is 8.44. The molecule has 0 amide bonds. The number of fused-ring (bicyclic) bond motifs is 3. The molecule has 1 aliphatic carbocycles. The number of aromatic nitrogens is 1. The minimum Gasteiger partial charge on any atom is -0.358 e. The molecule has 1 heterocycles. The number of rotatable bonds is 0. The van der Waals surface area contributed by atoms with Crippen molar-refractivity contribution in [3.8, 4) is 0 Å². The van der Waals surface area contributed by atoms with Crippen LogP contribution in [-0.4, -0.2) is 4.98 Å². The maximum Gasteiger partial charge on any atom is 0.0462 e.